The largest absolute Gasteiger partial charge is 0.573 e. The molecule has 2 aromatic carbocycles. The molecule has 0 aliphatic carbocycles. The molecule has 0 atom stereocenters. The van der Waals surface area contributed by atoms with E-state index in [1.54, 1.807) is 23.5 Å². The molecule has 37 heavy (non-hydrogen) atoms. The lowest BCUT2D eigenvalue weighted by molar-refractivity contribution is -0.274. The van der Waals surface area contributed by atoms with Gasteiger partial charge < -0.3 is 14.6 Å². The first kappa shape index (κ1) is 24.8. The summed E-state index contributed by atoms with van der Waals surface area (Å²) in [6.07, 6.45) is 1.11. The van der Waals surface area contributed by atoms with E-state index in [1.165, 1.54) is 22.6 Å². The number of benzene rings is 2. The van der Waals surface area contributed by atoms with Crippen molar-refractivity contribution < 1.29 is 17.9 Å². The molecule has 190 valence electrons. The van der Waals surface area contributed by atoms with Gasteiger partial charge in [0.2, 0.25) is 0 Å². The summed E-state index contributed by atoms with van der Waals surface area (Å²) in [6, 6.07) is 18.1. The molecule has 5 rings (SSSR count). The van der Waals surface area contributed by atoms with Crippen molar-refractivity contribution in [2.45, 2.75) is 26.1 Å². The smallest absolute Gasteiger partial charge is 0.406 e. The first-order valence-electron chi connectivity index (χ1n) is 11.8. The number of nitrogens with one attached hydrogen (secondary N) is 1. The second-order valence-electron chi connectivity index (χ2n) is 8.84. The summed E-state index contributed by atoms with van der Waals surface area (Å²) in [7, 11) is 1.98. The number of anilines is 1. The van der Waals surface area contributed by atoms with Crippen LogP contribution in [0.1, 0.15) is 16.9 Å². The van der Waals surface area contributed by atoms with E-state index in [0.29, 0.717) is 5.82 Å². The fourth-order valence-corrected chi connectivity index (χ4v) is 5.03. The van der Waals surface area contributed by atoms with Crippen molar-refractivity contribution in [2.24, 2.45) is 7.05 Å². The number of halogens is 3. The standard InChI is InChI=1S/C28H25F3N4OS/c1-18-16-24-26(33-25(34-27(24)37-18)22-13-15-35(2)17-22)32-14-3-4-19-5-7-20(8-6-19)21-9-11-23(12-10-21)36-28(29,30)31/h5-13,15-17H,3-4,14H2,1-2H3,(H,32,33,34). The Balaban J connectivity index is 1.20. The Hall–Kier alpha value is -3.85. The number of rotatable bonds is 8. The van der Waals surface area contributed by atoms with Crippen LogP contribution in [-0.4, -0.2) is 27.4 Å². The van der Waals surface area contributed by atoms with Crippen molar-refractivity contribution in [1.82, 2.24) is 14.5 Å². The molecule has 0 aliphatic rings. The van der Waals surface area contributed by atoms with Gasteiger partial charge >= 0.3 is 6.36 Å². The zero-order valence-corrected chi connectivity index (χ0v) is 21.2. The Morgan fingerprint density at radius 3 is 2.30 bits per heavy atom. The highest BCUT2D eigenvalue weighted by Crippen LogP contribution is 2.31. The van der Waals surface area contributed by atoms with Crippen LogP contribution in [0, 0.1) is 6.92 Å². The average molecular weight is 523 g/mol. The van der Waals surface area contributed by atoms with Crippen LogP contribution in [0.25, 0.3) is 32.7 Å². The molecular weight excluding hydrogens is 497 g/mol. The van der Waals surface area contributed by atoms with Crippen LogP contribution in [0.3, 0.4) is 0 Å². The normalized spacial score (nSPS) is 11.7. The van der Waals surface area contributed by atoms with Crippen LogP contribution in [0.5, 0.6) is 5.75 Å². The van der Waals surface area contributed by atoms with Crippen molar-refractivity contribution in [3.63, 3.8) is 0 Å². The summed E-state index contributed by atoms with van der Waals surface area (Å²) in [6.45, 7) is 2.84. The number of ether oxygens (including phenoxy) is 1. The van der Waals surface area contributed by atoms with Crippen LogP contribution in [0.15, 0.2) is 73.1 Å². The van der Waals surface area contributed by atoms with Gasteiger partial charge in [0.05, 0.1) is 5.39 Å². The number of hydrogen-bond acceptors (Lipinski definition) is 5. The number of alkyl halides is 3. The van der Waals surface area contributed by atoms with Gasteiger partial charge in [0.25, 0.3) is 0 Å². The van der Waals surface area contributed by atoms with Crippen LogP contribution >= 0.6 is 11.3 Å². The van der Waals surface area contributed by atoms with E-state index >= 15 is 0 Å². The van der Waals surface area contributed by atoms with E-state index in [9.17, 15) is 13.2 Å². The number of thiophene rings is 1. The number of hydrogen-bond donors (Lipinski definition) is 1. The van der Waals surface area contributed by atoms with Crippen molar-refractivity contribution in [1.29, 1.82) is 0 Å². The maximum atomic E-state index is 12.4. The first-order chi connectivity index (χ1) is 17.7. The summed E-state index contributed by atoms with van der Waals surface area (Å²) in [4.78, 5) is 11.7. The predicted molar refractivity (Wildman–Crippen MR) is 142 cm³/mol. The lowest BCUT2D eigenvalue weighted by atomic mass is 10.0. The van der Waals surface area contributed by atoms with Gasteiger partial charge in [-0.3, -0.25) is 0 Å². The summed E-state index contributed by atoms with van der Waals surface area (Å²) < 4.78 is 43.0. The van der Waals surface area contributed by atoms with E-state index in [1.807, 2.05) is 54.3 Å². The molecule has 0 bridgehead atoms. The third-order valence-electron chi connectivity index (χ3n) is 5.92. The molecule has 0 fully saturated rings. The summed E-state index contributed by atoms with van der Waals surface area (Å²) in [5.74, 6) is 1.34. The molecule has 3 aromatic heterocycles. The molecular formula is C28H25F3N4OS. The second-order valence-corrected chi connectivity index (χ2v) is 10.1. The highest BCUT2D eigenvalue weighted by Gasteiger charge is 2.30. The minimum Gasteiger partial charge on any atom is -0.406 e. The average Bonchev–Trinajstić information content (AvgIpc) is 3.46. The minimum atomic E-state index is -4.69. The lowest BCUT2D eigenvalue weighted by Crippen LogP contribution is -2.16. The van der Waals surface area contributed by atoms with Crippen molar-refractivity contribution in [3.8, 4) is 28.3 Å². The first-order valence-corrected chi connectivity index (χ1v) is 12.6. The SMILES string of the molecule is Cc1cc2c(NCCCc3ccc(-c4ccc(OC(F)(F)F)cc4)cc3)nc(-c3ccn(C)c3)nc2s1. The molecule has 0 saturated heterocycles. The summed E-state index contributed by atoms with van der Waals surface area (Å²) in [5.41, 5.74) is 3.94. The maximum Gasteiger partial charge on any atom is 0.573 e. The predicted octanol–water partition coefficient (Wildman–Crippen LogP) is 7.62. The molecule has 5 aromatic rings. The number of aryl methyl sites for hydroxylation is 3. The van der Waals surface area contributed by atoms with Gasteiger partial charge in [0, 0.05) is 36.4 Å². The molecule has 0 aliphatic heterocycles. The Labute approximate surface area is 216 Å². The van der Waals surface area contributed by atoms with E-state index in [0.717, 1.165) is 52.1 Å². The Morgan fingerprint density at radius 2 is 1.65 bits per heavy atom. The molecule has 0 radical (unpaired) electrons. The Kier molecular flexibility index (Phi) is 6.88. The summed E-state index contributed by atoms with van der Waals surface area (Å²) in [5, 5.41) is 4.54. The number of fused-ring (bicyclic) bond motifs is 1. The van der Waals surface area contributed by atoms with Gasteiger partial charge in [-0.05, 0) is 60.7 Å². The van der Waals surface area contributed by atoms with Crippen molar-refractivity contribution in [2.75, 3.05) is 11.9 Å². The van der Waals surface area contributed by atoms with Gasteiger partial charge in [0.1, 0.15) is 16.4 Å². The number of aromatic nitrogens is 3. The van der Waals surface area contributed by atoms with Gasteiger partial charge in [-0.2, -0.15) is 0 Å². The molecule has 3 heterocycles. The Bertz CT molecular complexity index is 1510. The van der Waals surface area contributed by atoms with Gasteiger partial charge in [0.15, 0.2) is 5.82 Å². The molecule has 0 amide bonds. The second kappa shape index (κ2) is 10.3. The van der Waals surface area contributed by atoms with Gasteiger partial charge in [-0.1, -0.05) is 36.4 Å². The third-order valence-corrected chi connectivity index (χ3v) is 6.86. The third kappa shape index (κ3) is 6.11. The Morgan fingerprint density at radius 1 is 0.946 bits per heavy atom. The van der Waals surface area contributed by atoms with E-state index < -0.39 is 6.36 Å². The molecule has 0 saturated carbocycles. The highest BCUT2D eigenvalue weighted by atomic mass is 32.1. The highest BCUT2D eigenvalue weighted by molar-refractivity contribution is 7.18. The fraction of sp³-hybridized carbons (Fsp3) is 0.214. The van der Waals surface area contributed by atoms with Crippen LogP contribution in [0.4, 0.5) is 19.0 Å². The molecule has 1 N–H and O–H groups in total. The lowest BCUT2D eigenvalue weighted by Gasteiger charge is -2.10. The zero-order valence-electron chi connectivity index (χ0n) is 20.3. The van der Waals surface area contributed by atoms with Gasteiger partial charge in [-0.15, -0.1) is 24.5 Å². The van der Waals surface area contributed by atoms with Gasteiger partial charge in [-0.25, -0.2) is 9.97 Å². The van der Waals surface area contributed by atoms with Crippen LogP contribution in [0.2, 0.25) is 0 Å². The zero-order chi connectivity index (χ0) is 26.0. The topological polar surface area (TPSA) is 52.0 Å². The van der Waals surface area contributed by atoms with E-state index in [2.05, 4.69) is 23.0 Å². The van der Waals surface area contributed by atoms with Crippen molar-refractivity contribution >= 4 is 27.4 Å². The van der Waals surface area contributed by atoms with Crippen molar-refractivity contribution in [3.05, 3.63) is 83.5 Å². The monoisotopic (exact) mass is 522 g/mol. The minimum absolute atomic E-state index is 0.227. The molecule has 0 spiro atoms. The fourth-order valence-electron chi connectivity index (χ4n) is 4.15. The summed E-state index contributed by atoms with van der Waals surface area (Å²) >= 11 is 1.67. The molecule has 5 nitrogen and oxygen atoms in total. The maximum absolute atomic E-state index is 12.4. The molecule has 0 unspecified atom stereocenters. The quantitative estimate of drug-likeness (QED) is 0.213. The number of nitrogens with zero attached hydrogens (tertiary/aromatic N) is 3. The van der Waals surface area contributed by atoms with Crippen LogP contribution < -0.4 is 10.1 Å². The van der Waals surface area contributed by atoms with E-state index in [-0.39, 0.29) is 5.75 Å². The van der Waals surface area contributed by atoms with E-state index in [4.69, 9.17) is 9.97 Å². The van der Waals surface area contributed by atoms with Crippen LogP contribution in [-0.2, 0) is 13.5 Å². The molecule has 9 heteroatoms.